The molecule has 0 aromatic heterocycles. The van der Waals surface area contributed by atoms with Crippen molar-refractivity contribution in [1.82, 2.24) is 16.0 Å². The summed E-state index contributed by atoms with van der Waals surface area (Å²) >= 11 is 0. The van der Waals surface area contributed by atoms with Gasteiger partial charge in [-0.15, -0.1) is 24.0 Å². The summed E-state index contributed by atoms with van der Waals surface area (Å²) < 4.78 is 29.4. The van der Waals surface area contributed by atoms with Gasteiger partial charge in [-0.1, -0.05) is 18.2 Å². The van der Waals surface area contributed by atoms with Crippen LogP contribution < -0.4 is 20.7 Å². The van der Waals surface area contributed by atoms with Crippen molar-refractivity contribution in [3.8, 4) is 5.75 Å². The number of rotatable bonds is 8. The van der Waals surface area contributed by atoms with E-state index in [2.05, 4.69) is 46.5 Å². The van der Waals surface area contributed by atoms with E-state index in [4.69, 9.17) is 0 Å². The minimum absolute atomic E-state index is 0. The fourth-order valence-corrected chi connectivity index (χ4v) is 1.97. The number of halogens is 3. The third-order valence-electron chi connectivity index (χ3n) is 3.01. The number of guanidine groups is 1. The lowest BCUT2D eigenvalue weighted by molar-refractivity contribution is -0.0504. The molecule has 1 aromatic carbocycles. The molecule has 1 aromatic rings. The number of alkyl halides is 2. The number of hydrogen-bond donors (Lipinski definition) is 3. The molecule has 25 heavy (non-hydrogen) atoms. The third-order valence-corrected chi connectivity index (χ3v) is 3.01. The Kier molecular flexibility index (Phi) is 11.7. The number of nitrogens with one attached hydrogen (secondary N) is 3. The van der Waals surface area contributed by atoms with Gasteiger partial charge in [0.2, 0.25) is 0 Å². The molecule has 0 fully saturated rings. The van der Waals surface area contributed by atoms with Gasteiger partial charge in [-0.05, 0) is 33.8 Å². The lowest BCUT2D eigenvalue weighted by Gasteiger charge is -2.21. The standard InChI is InChI=1S/C17H28F2N4O.HI/c1-5-20-16(21-10-11-23-17(2,3)4)22-12-13-8-6-7-9-14(13)24-15(18)19;/h6-9,15,23H,5,10-12H2,1-4H3,(H2,20,21,22);1H. The summed E-state index contributed by atoms with van der Waals surface area (Å²) in [6, 6.07) is 6.68. The van der Waals surface area contributed by atoms with Crippen LogP contribution in [0.5, 0.6) is 5.75 Å². The van der Waals surface area contributed by atoms with Crippen LogP contribution in [0.4, 0.5) is 8.78 Å². The topological polar surface area (TPSA) is 57.7 Å². The van der Waals surface area contributed by atoms with Gasteiger partial charge in [-0.2, -0.15) is 8.78 Å². The summed E-state index contributed by atoms with van der Waals surface area (Å²) in [6.45, 7) is 7.91. The number of hydrogen-bond acceptors (Lipinski definition) is 3. The Labute approximate surface area is 166 Å². The lowest BCUT2D eigenvalue weighted by Crippen LogP contribution is -2.44. The van der Waals surface area contributed by atoms with Crippen LogP contribution in [0.1, 0.15) is 33.3 Å². The van der Waals surface area contributed by atoms with Gasteiger partial charge in [0.05, 0.1) is 6.54 Å². The monoisotopic (exact) mass is 470 g/mol. The van der Waals surface area contributed by atoms with Crippen LogP contribution in [0.25, 0.3) is 0 Å². The highest BCUT2D eigenvalue weighted by atomic mass is 127. The van der Waals surface area contributed by atoms with E-state index in [0.29, 0.717) is 24.6 Å². The van der Waals surface area contributed by atoms with E-state index in [1.807, 2.05) is 6.92 Å². The van der Waals surface area contributed by atoms with Crippen LogP contribution in [-0.4, -0.2) is 37.7 Å². The van der Waals surface area contributed by atoms with Gasteiger partial charge in [0.1, 0.15) is 5.75 Å². The number of benzene rings is 1. The molecule has 0 aliphatic carbocycles. The molecule has 0 radical (unpaired) electrons. The van der Waals surface area contributed by atoms with Crippen LogP contribution in [0, 0.1) is 0 Å². The van der Waals surface area contributed by atoms with E-state index in [1.54, 1.807) is 18.2 Å². The van der Waals surface area contributed by atoms with Crippen LogP contribution in [0.15, 0.2) is 29.3 Å². The molecule has 0 saturated heterocycles. The van der Waals surface area contributed by atoms with Gasteiger partial charge < -0.3 is 20.7 Å². The van der Waals surface area contributed by atoms with E-state index in [0.717, 1.165) is 6.54 Å². The van der Waals surface area contributed by atoms with Gasteiger partial charge in [0.25, 0.3) is 0 Å². The zero-order valence-electron chi connectivity index (χ0n) is 15.2. The zero-order chi connectivity index (χ0) is 18.0. The van der Waals surface area contributed by atoms with Crippen LogP contribution in [0.2, 0.25) is 0 Å². The Morgan fingerprint density at radius 1 is 1.16 bits per heavy atom. The maximum Gasteiger partial charge on any atom is 0.387 e. The van der Waals surface area contributed by atoms with Crippen molar-refractivity contribution in [1.29, 1.82) is 0 Å². The third kappa shape index (κ3) is 11.1. The SMILES string of the molecule is CCNC(=NCc1ccccc1OC(F)F)NCCNC(C)(C)C.I. The molecule has 0 unspecified atom stereocenters. The smallest absolute Gasteiger partial charge is 0.387 e. The predicted molar refractivity (Wildman–Crippen MR) is 109 cm³/mol. The largest absolute Gasteiger partial charge is 0.434 e. The highest BCUT2D eigenvalue weighted by Gasteiger charge is 2.09. The summed E-state index contributed by atoms with van der Waals surface area (Å²) in [4.78, 5) is 4.43. The number of ether oxygens (including phenoxy) is 1. The summed E-state index contributed by atoms with van der Waals surface area (Å²) in [5.41, 5.74) is 0.672. The second-order valence-corrected chi connectivity index (χ2v) is 6.28. The first kappa shape index (κ1) is 23.8. The molecule has 1 rings (SSSR count). The van der Waals surface area contributed by atoms with E-state index >= 15 is 0 Å². The fraction of sp³-hybridized carbons (Fsp3) is 0.588. The molecular weight excluding hydrogens is 441 g/mol. The molecule has 5 nitrogen and oxygen atoms in total. The first-order chi connectivity index (χ1) is 11.3. The molecule has 0 aliphatic rings. The van der Waals surface area contributed by atoms with Gasteiger partial charge in [-0.3, -0.25) is 0 Å². The zero-order valence-corrected chi connectivity index (χ0v) is 17.6. The second kappa shape index (κ2) is 12.2. The molecule has 0 amide bonds. The Morgan fingerprint density at radius 2 is 1.84 bits per heavy atom. The Morgan fingerprint density at radius 3 is 2.44 bits per heavy atom. The normalized spacial score (nSPS) is 11.9. The average Bonchev–Trinajstić information content (AvgIpc) is 2.48. The molecule has 0 bridgehead atoms. The predicted octanol–water partition coefficient (Wildman–Crippen LogP) is 3.35. The Balaban J connectivity index is 0.00000576. The number of para-hydroxylation sites is 1. The highest BCUT2D eigenvalue weighted by Crippen LogP contribution is 2.20. The highest BCUT2D eigenvalue weighted by molar-refractivity contribution is 14.0. The van der Waals surface area contributed by atoms with Crippen LogP contribution in [0.3, 0.4) is 0 Å². The number of nitrogens with zero attached hydrogens (tertiary/aromatic N) is 1. The van der Waals surface area contributed by atoms with E-state index < -0.39 is 6.61 Å². The number of aliphatic imine (C=N–C) groups is 1. The average molecular weight is 470 g/mol. The summed E-state index contributed by atoms with van der Waals surface area (Å²) in [5.74, 6) is 0.793. The van der Waals surface area contributed by atoms with Crippen LogP contribution in [-0.2, 0) is 6.54 Å². The van der Waals surface area contributed by atoms with Crippen molar-refractivity contribution in [2.24, 2.45) is 4.99 Å². The van der Waals surface area contributed by atoms with Crippen LogP contribution >= 0.6 is 24.0 Å². The van der Waals surface area contributed by atoms with Crippen molar-refractivity contribution in [3.05, 3.63) is 29.8 Å². The van der Waals surface area contributed by atoms with Crippen molar-refractivity contribution < 1.29 is 13.5 Å². The summed E-state index contributed by atoms with van der Waals surface area (Å²) in [5, 5.41) is 9.72. The molecule has 144 valence electrons. The van der Waals surface area contributed by atoms with Crippen molar-refractivity contribution in [3.63, 3.8) is 0 Å². The quantitative estimate of drug-likeness (QED) is 0.236. The molecular formula is C17H29F2IN4O. The molecule has 0 atom stereocenters. The van der Waals surface area contributed by atoms with Gasteiger partial charge >= 0.3 is 6.61 Å². The Bertz CT molecular complexity index is 522. The van der Waals surface area contributed by atoms with Gasteiger partial charge in [0, 0.05) is 30.7 Å². The molecule has 3 N–H and O–H groups in total. The summed E-state index contributed by atoms with van der Waals surface area (Å²) in [7, 11) is 0. The maximum absolute atomic E-state index is 12.4. The molecule has 0 spiro atoms. The van der Waals surface area contributed by atoms with Crippen molar-refractivity contribution in [2.75, 3.05) is 19.6 Å². The first-order valence-electron chi connectivity index (χ1n) is 8.11. The van der Waals surface area contributed by atoms with Gasteiger partial charge in [-0.25, -0.2) is 4.99 Å². The molecule has 0 aliphatic heterocycles. The molecule has 0 heterocycles. The van der Waals surface area contributed by atoms with E-state index in [-0.39, 0.29) is 41.8 Å². The lowest BCUT2D eigenvalue weighted by atomic mass is 10.1. The van der Waals surface area contributed by atoms with Crippen molar-refractivity contribution in [2.45, 2.75) is 46.4 Å². The molecule has 0 saturated carbocycles. The van der Waals surface area contributed by atoms with E-state index in [1.165, 1.54) is 6.07 Å². The second-order valence-electron chi connectivity index (χ2n) is 6.28. The summed E-state index contributed by atoms with van der Waals surface area (Å²) in [6.07, 6.45) is 0. The first-order valence-corrected chi connectivity index (χ1v) is 8.11. The van der Waals surface area contributed by atoms with Crippen molar-refractivity contribution >= 4 is 29.9 Å². The molecule has 8 heteroatoms. The minimum Gasteiger partial charge on any atom is -0.434 e. The van der Waals surface area contributed by atoms with E-state index in [9.17, 15) is 8.78 Å². The fourth-order valence-electron chi connectivity index (χ4n) is 1.97. The maximum atomic E-state index is 12.4. The Hall–Kier alpha value is -1.16. The van der Waals surface area contributed by atoms with Gasteiger partial charge in [0.15, 0.2) is 5.96 Å². The minimum atomic E-state index is -2.84.